The van der Waals surface area contributed by atoms with E-state index in [1.807, 2.05) is 47.2 Å². The Morgan fingerprint density at radius 2 is 1.79 bits per heavy atom. The summed E-state index contributed by atoms with van der Waals surface area (Å²) in [5.74, 6) is 0.0107. The van der Waals surface area contributed by atoms with Gasteiger partial charge in [0.1, 0.15) is 0 Å². The van der Waals surface area contributed by atoms with E-state index in [-0.39, 0.29) is 5.78 Å². The number of hydrogen-bond acceptors (Lipinski definition) is 4. The molecule has 1 saturated heterocycles. The van der Waals surface area contributed by atoms with Gasteiger partial charge in [0.05, 0.1) is 6.33 Å². The second-order valence-electron chi connectivity index (χ2n) is 7.49. The lowest BCUT2D eigenvalue weighted by Gasteiger charge is -2.32. The molecule has 5 heteroatoms. The molecule has 0 aliphatic carbocycles. The number of carbonyl (C=O) groups excluding carboxylic acids is 1. The molecule has 1 aromatic heterocycles. The molecule has 5 nitrogen and oxygen atoms in total. The van der Waals surface area contributed by atoms with Crippen LogP contribution in [0.5, 0.6) is 0 Å². The van der Waals surface area contributed by atoms with Gasteiger partial charge in [-0.15, -0.1) is 0 Å². The highest BCUT2D eigenvalue weighted by Gasteiger charge is 2.14. The van der Waals surface area contributed by atoms with E-state index >= 15 is 0 Å². The Labute approximate surface area is 171 Å². The van der Waals surface area contributed by atoms with Crippen LogP contribution in [0.25, 0.3) is 11.8 Å². The number of carbonyl (C=O) groups is 1. The molecule has 4 rings (SSSR count). The first-order chi connectivity index (χ1) is 14.2. The molecule has 148 valence electrons. The Morgan fingerprint density at radius 3 is 2.52 bits per heavy atom. The van der Waals surface area contributed by atoms with E-state index in [2.05, 4.69) is 40.0 Å². The predicted octanol–water partition coefficient (Wildman–Crippen LogP) is 3.52. The van der Waals surface area contributed by atoms with Gasteiger partial charge in [-0.2, -0.15) is 0 Å². The summed E-state index contributed by atoms with van der Waals surface area (Å²) in [5, 5.41) is 0. The number of allylic oxidation sites excluding steroid dienone is 1. The van der Waals surface area contributed by atoms with E-state index < -0.39 is 0 Å². The Kier molecular flexibility index (Phi) is 5.98. The molecule has 0 unspecified atom stereocenters. The molecule has 3 aromatic rings. The van der Waals surface area contributed by atoms with Crippen LogP contribution in [0, 0.1) is 0 Å². The zero-order chi connectivity index (χ0) is 20.1. The van der Waals surface area contributed by atoms with Crippen LogP contribution in [-0.4, -0.2) is 58.4 Å². The van der Waals surface area contributed by atoms with Crippen LogP contribution in [0.2, 0.25) is 0 Å². The van der Waals surface area contributed by atoms with E-state index in [1.54, 1.807) is 18.6 Å². The summed E-state index contributed by atoms with van der Waals surface area (Å²) in [7, 11) is 2.17. The SMILES string of the molecule is CN1CCN(Cc2ccccc2/C=C/C(=O)c2ccc(-n3ccnc3)cc2)CC1. The fraction of sp³-hybridized carbons (Fsp3) is 0.250. The van der Waals surface area contributed by atoms with Crippen molar-refractivity contribution in [1.82, 2.24) is 19.4 Å². The van der Waals surface area contributed by atoms with E-state index in [4.69, 9.17) is 0 Å². The molecule has 1 fully saturated rings. The molecular formula is C24H26N4O. The van der Waals surface area contributed by atoms with Gasteiger partial charge in [0, 0.05) is 56.4 Å². The van der Waals surface area contributed by atoms with Crippen LogP contribution in [0.4, 0.5) is 0 Å². The summed E-state index contributed by atoms with van der Waals surface area (Å²) in [6, 6.07) is 15.9. The highest BCUT2D eigenvalue weighted by Crippen LogP contribution is 2.16. The summed E-state index contributed by atoms with van der Waals surface area (Å²) in [6.07, 6.45) is 8.98. The smallest absolute Gasteiger partial charge is 0.185 e. The Morgan fingerprint density at radius 1 is 1.03 bits per heavy atom. The first kappa shape index (κ1) is 19.3. The Balaban J connectivity index is 1.44. The number of piperazine rings is 1. The third-order valence-corrected chi connectivity index (χ3v) is 5.41. The molecular weight excluding hydrogens is 360 g/mol. The Bertz CT molecular complexity index is 968. The number of aromatic nitrogens is 2. The fourth-order valence-electron chi connectivity index (χ4n) is 3.56. The lowest BCUT2D eigenvalue weighted by molar-refractivity contribution is 0.104. The molecule has 0 bridgehead atoms. The van der Waals surface area contributed by atoms with Crippen molar-refractivity contribution in [3.8, 4) is 5.69 Å². The monoisotopic (exact) mass is 386 g/mol. The minimum Gasteiger partial charge on any atom is -0.306 e. The first-order valence-electron chi connectivity index (χ1n) is 9.99. The van der Waals surface area contributed by atoms with Crippen molar-refractivity contribution in [3.05, 3.63) is 90.0 Å². The van der Waals surface area contributed by atoms with Gasteiger partial charge in [0.2, 0.25) is 0 Å². The number of benzene rings is 2. The Hall–Kier alpha value is -3.02. The van der Waals surface area contributed by atoms with Crippen LogP contribution in [0.1, 0.15) is 21.5 Å². The molecule has 0 atom stereocenters. The van der Waals surface area contributed by atoms with Gasteiger partial charge in [-0.05, 0) is 48.5 Å². The van der Waals surface area contributed by atoms with Crippen LogP contribution >= 0.6 is 0 Å². The fourth-order valence-corrected chi connectivity index (χ4v) is 3.56. The minimum atomic E-state index is 0.0107. The third kappa shape index (κ3) is 4.88. The summed E-state index contributed by atoms with van der Waals surface area (Å²) >= 11 is 0. The van der Waals surface area contributed by atoms with Gasteiger partial charge in [0.25, 0.3) is 0 Å². The highest BCUT2D eigenvalue weighted by molar-refractivity contribution is 6.06. The molecule has 2 aromatic carbocycles. The molecule has 0 saturated carbocycles. The van der Waals surface area contributed by atoms with Crippen LogP contribution in [0.3, 0.4) is 0 Å². The molecule has 1 aliphatic heterocycles. The third-order valence-electron chi connectivity index (χ3n) is 5.41. The van der Waals surface area contributed by atoms with Crippen molar-refractivity contribution in [2.45, 2.75) is 6.54 Å². The molecule has 0 amide bonds. The zero-order valence-corrected chi connectivity index (χ0v) is 16.7. The second kappa shape index (κ2) is 8.99. The number of nitrogens with zero attached hydrogens (tertiary/aromatic N) is 4. The van der Waals surface area contributed by atoms with Gasteiger partial charge in [-0.25, -0.2) is 4.98 Å². The number of rotatable bonds is 6. The van der Waals surface area contributed by atoms with Crippen molar-refractivity contribution in [2.24, 2.45) is 0 Å². The highest BCUT2D eigenvalue weighted by atomic mass is 16.1. The topological polar surface area (TPSA) is 41.4 Å². The van der Waals surface area contributed by atoms with E-state index in [0.29, 0.717) is 5.56 Å². The van der Waals surface area contributed by atoms with E-state index in [1.165, 1.54) is 5.56 Å². The maximum absolute atomic E-state index is 12.6. The number of likely N-dealkylation sites (N-methyl/N-ethyl adjacent to an activating group) is 1. The largest absolute Gasteiger partial charge is 0.306 e. The van der Waals surface area contributed by atoms with Crippen molar-refractivity contribution in [2.75, 3.05) is 33.2 Å². The lowest BCUT2D eigenvalue weighted by atomic mass is 10.0. The van der Waals surface area contributed by atoms with Crippen molar-refractivity contribution < 1.29 is 4.79 Å². The average molecular weight is 386 g/mol. The van der Waals surface area contributed by atoms with E-state index in [9.17, 15) is 4.79 Å². The average Bonchev–Trinajstić information content (AvgIpc) is 3.30. The van der Waals surface area contributed by atoms with Gasteiger partial charge in [-0.3, -0.25) is 9.69 Å². The quantitative estimate of drug-likeness (QED) is 0.480. The molecule has 29 heavy (non-hydrogen) atoms. The summed E-state index contributed by atoms with van der Waals surface area (Å²) in [4.78, 5) is 21.5. The van der Waals surface area contributed by atoms with Crippen LogP contribution in [0.15, 0.2) is 73.3 Å². The van der Waals surface area contributed by atoms with Gasteiger partial charge < -0.3 is 9.47 Å². The van der Waals surface area contributed by atoms with Gasteiger partial charge in [0.15, 0.2) is 5.78 Å². The van der Waals surface area contributed by atoms with Gasteiger partial charge in [-0.1, -0.05) is 30.3 Å². The lowest BCUT2D eigenvalue weighted by Crippen LogP contribution is -2.43. The summed E-state index contributed by atoms with van der Waals surface area (Å²) in [6.45, 7) is 5.28. The minimum absolute atomic E-state index is 0.0107. The standard InChI is InChI=1S/C24H26N4O/c1-26-14-16-27(17-15-26)18-22-5-3-2-4-20(22)8-11-24(29)21-6-9-23(10-7-21)28-13-12-25-19-28/h2-13,19H,14-18H2,1H3/b11-8+. The maximum Gasteiger partial charge on any atom is 0.185 e. The van der Waals surface area contributed by atoms with Crippen molar-refractivity contribution >= 4 is 11.9 Å². The molecule has 2 heterocycles. The summed E-state index contributed by atoms with van der Waals surface area (Å²) < 4.78 is 1.92. The zero-order valence-electron chi connectivity index (χ0n) is 16.7. The van der Waals surface area contributed by atoms with E-state index in [0.717, 1.165) is 44.0 Å². The predicted molar refractivity (Wildman–Crippen MR) is 116 cm³/mol. The summed E-state index contributed by atoms with van der Waals surface area (Å²) in [5.41, 5.74) is 4.04. The number of hydrogen-bond donors (Lipinski definition) is 0. The van der Waals surface area contributed by atoms with Crippen molar-refractivity contribution in [1.29, 1.82) is 0 Å². The molecule has 1 aliphatic rings. The molecule has 0 N–H and O–H groups in total. The number of ketones is 1. The maximum atomic E-state index is 12.6. The van der Waals surface area contributed by atoms with Gasteiger partial charge >= 0.3 is 0 Å². The molecule has 0 radical (unpaired) electrons. The second-order valence-corrected chi connectivity index (χ2v) is 7.49. The normalized spacial score (nSPS) is 15.8. The number of imidazole rings is 1. The first-order valence-corrected chi connectivity index (χ1v) is 9.99. The van der Waals surface area contributed by atoms with Crippen LogP contribution < -0.4 is 0 Å². The van der Waals surface area contributed by atoms with Crippen molar-refractivity contribution in [3.63, 3.8) is 0 Å². The molecule has 0 spiro atoms. The van der Waals surface area contributed by atoms with Crippen LogP contribution in [-0.2, 0) is 6.54 Å².